The summed E-state index contributed by atoms with van der Waals surface area (Å²) in [6.45, 7) is 15.6. The summed E-state index contributed by atoms with van der Waals surface area (Å²) >= 11 is 0. The fourth-order valence-electron chi connectivity index (χ4n) is 9.88. The summed E-state index contributed by atoms with van der Waals surface area (Å²) in [6, 6.07) is -4.25. The molecule has 6 atom stereocenters. The number of carbonyl (C=O) groups is 7. The molecule has 5 aliphatic rings. The maximum absolute atomic E-state index is 15.2. The topological polar surface area (TPSA) is 174 Å². The van der Waals surface area contributed by atoms with Gasteiger partial charge in [-0.2, -0.15) is 0 Å². The Bertz CT molecular complexity index is 1610. The van der Waals surface area contributed by atoms with E-state index in [1.54, 1.807) is 4.90 Å². The van der Waals surface area contributed by atoms with Crippen molar-refractivity contribution in [2.45, 2.75) is 149 Å². The van der Waals surface area contributed by atoms with E-state index in [1.165, 1.54) is 11.0 Å². The second-order valence-electron chi connectivity index (χ2n) is 19.4. The Morgan fingerprint density at radius 3 is 2.16 bits per heavy atom. The standard InChI is InChI=1S/C43H64N6O7/c1-9-11-15-29(34(52)37(54)44-22-10-2)45-36(53)33-27-16-19-43(20-21-43)28(27)25-49(33)38(55)35(42(8)17-13-12-14-18-42)47-39(56)46-30(40(3,4)5)26-48-31(50)23-41(6,7)24-32(48)51/h1,10,27-30,33,35H,2,11-26H2,3-8H3,(H,44,54)(H,45,53)(H2,46,47,56)/t27-,28-,29?,30+,33-,35+/m0/s1. The molecule has 7 amide bonds. The minimum Gasteiger partial charge on any atom is -0.346 e. The van der Waals surface area contributed by atoms with Crippen LogP contribution in [0.5, 0.6) is 0 Å². The first-order valence-corrected chi connectivity index (χ1v) is 20.6. The van der Waals surface area contributed by atoms with Gasteiger partial charge in [-0.15, -0.1) is 18.9 Å². The highest BCUT2D eigenvalue weighted by Gasteiger charge is 2.64. The molecule has 56 heavy (non-hydrogen) atoms. The first-order chi connectivity index (χ1) is 26.3. The molecule has 2 saturated heterocycles. The van der Waals surface area contributed by atoms with E-state index < -0.39 is 64.0 Å². The molecule has 5 fully saturated rings. The fraction of sp³-hybridized carbons (Fsp3) is 0.744. The van der Waals surface area contributed by atoms with Crippen LogP contribution in [0.3, 0.4) is 0 Å². The number of ketones is 1. The number of rotatable bonds is 14. The zero-order valence-corrected chi connectivity index (χ0v) is 34.4. The average Bonchev–Trinajstić information content (AvgIpc) is 3.69. The Labute approximate surface area is 332 Å². The van der Waals surface area contributed by atoms with Gasteiger partial charge in [-0.3, -0.25) is 33.7 Å². The van der Waals surface area contributed by atoms with E-state index >= 15 is 4.79 Å². The van der Waals surface area contributed by atoms with Crippen molar-refractivity contribution in [1.29, 1.82) is 0 Å². The highest BCUT2D eigenvalue weighted by molar-refractivity contribution is 6.38. The summed E-state index contributed by atoms with van der Waals surface area (Å²) in [6.07, 6.45) is 15.6. The monoisotopic (exact) mass is 776 g/mol. The molecule has 3 aliphatic carbocycles. The molecule has 0 aromatic heterocycles. The Hall–Kier alpha value is -4.21. The first-order valence-electron chi connectivity index (χ1n) is 20.6. The predicted molar refractivity (Wildman–Crippen MR) is 211 cm³/mol. The zero-order chi connectivity index (χ0) is 41.2. The van der Waals surface area contributed by atoms with Crippen LogP contribution < -0.4 is 21.3 Å². The number of urea groups is 1. The average molecular weight is 777 g/mol. The van der Waals surface area contributed by atoms with Crippen molar-refractivity contribution in [3.8, 4) is 12.3 Å². The Morgan fingerprint density at radius 2 is 1.59 bits per heavy atom. The van der Waals surface area contributed by atoms with E-state index in [9.17, 15) is 28.8 Å². The first kappa shape index (κ1) is 42.9. The molecular formula is C43H64N6O7. The number of likely N-dealkylation sites (tertiary alicyclic amines) is 2. The number of imide groups is 1. The number of Topliss-reactive ketones (excluding diaryl/α,β-unsaturated/α-hetero) is 1. The summed E-state index contributed by atoms with van der Waals surface area (Å²) in [5.74, 6) is -0.613. The molecule has 0 aromatic carbocycles. The maximum Gasteiger partial charge on any atom is 0.315 e. The molecule has 0 radical (unpaired) electrons. The number of nitrogens with one attached hydrogen (secondary N) is 4. The minimum absolute atomic E-state index is 0.00549. The van der Waals surface area contributed by atoms with Crippen molar-refractivity contribution in [3.63, 3.8) is 0 Å². The van der Waals surface area contributed by atoms with Crippen LogP contribution >= 0.6 is 0 Å². The molecule has 13 nitrogen and oxygen atoms in total. The third-order valence-electron chi connectivity index (χ3n) is 13.5. The number of piperidine rings is 1. The van der Waals surface area contributed by atoms with Crippen molar-refractivity contribution in [3.05, 3.63) is 12.7 Å². The lowest BCUT2D eigenvalue weighted by atomic mass is 9.70. The molecule has 2 heterocycles. The van der Waals surface area contributed by atoms with Gasteiger partial charge < -0.3 is 26.2 Å². The largest absolute Gasteiger partial charge is 0.346 e. The molecule has 1 spiro atoms. The van der Waals surface area contributed by atoms with Crippen LogP contribution in [0.15, 0.2) is 12.7 Å². The van der Waals surface area contributed by atoms with Crippen LogP contribution in [0, 0.1) is 45.8 Å². The van der Waals surface area contributed by atoms with Crippen LogP contribution in [-0.4, -0.2) is 95.0 Å². The van der Waals surface area contributed by atoms with Gasteiger partial charge in [-0.1, -0.05) is 66.9 Å². The molecule has 1 unspecified atom stereocenters. The molecule has 5 rings (SSSR count). The smallest absolute Gasteiger partial charge is 0.315 e. The normalized spacial score (nSPS) is 26.3. The van der Waals surface area contributed by atoms with Gasteiger partial charge in [0.25, 0.3) is 5.91 Å². The van der Waals surface area contributed by atoms with Gasteiger partial charge >= 0.3 is 6.03 Å². The highest BCUT2D eigenvalue weighted by atomic mass is 16.2. The van der Waals surface area contributed by atoms with Crippen molar-refractivity contribution in [2.24, 2.45) is 33.5 Å². The molecule has 2 aliphatic heterocycles. The van der Waals surface area contributed by atoms with Crippen molar-refractivity contribution >= 4 is 41.4 Å². The lowest BCUT2D eigenvalue weighted by Crippen LogP contribution is -2.63. The Balaban J connectivity index is 1.41. The van der Waals surface area contributed by atoms with Gasteiger partial charge in [0.2, 0.25) is 29.4 Å². The molecule has 0 bridgehead atoms. The zero-order valence-electron chi connectivity index (χ0n) is 34.4. The number of carbonyl (C=O) groups excluding carboxylic acids is 7. The number of amides is 7. The van der Waals surface area contributed by atoms with Crippen molar-refractivity contribution in [2.75, 3.05) is 19.6 Å². The molecule has 0 aromatic rings. The molecule has 13 heteroatoms. The minimum atomic E-state index is -1.18. The second kappa shape index (κ2) is 16.7. The summed E-state index contributed by atoms with van der Waals surface area (Å²) in [7, 11) is 0. The second-order valence-corrected chi connectivity index (χ2v) is 19.4. The van der Waals surface area contributed by atoms with Gasteiger partial charge in [0.1, 0.15) is 12.1 Å². The number of nitrogens with zero attached hydrogens (tertiary/aromatic N) is 2. The van der Waals surface area contributed by atoms with E-state index in [-0.39, 0.29) is 73.7 Å². The van der Waals surface area contributed by atoms with Crippen LogP contribution in [0.25, 0.3) is 0 Å². The lowest BCUT2D eigenvalue weighted by molar-refractivity contribution is -0.153. The lowest BCUT2D eigenvalue weighted by Gasteiger charge is -2.43. The van der Waals surface area contributed by atoms with E-state index in [2.05, 4.69) is 33.8 Å². The van der Waals surface area contributed by atoms with E-state index in [4.69, 9.17) is 6.42 Å². The Morgan fingerprint density at radius 1 is 0.946 bits per heavy atom. The van der Waals surface area contributed by atoms with Crippen LogP contribution in [0.2, 0.25) is 0 Å². The van der Waals surface area contributed by atoms with Gasteiger partial charge in [-0.25, -0.2) is 4.79 Å². The quantitative estimate of drug-likeness (QED) is 0.0893. The summed E-state index contributed by atoms with van der Waals surface area (Å²) < 4.78 is 0. The van der Waals surface area contributed by atoms with Gasteiger partial charge in [0.15, 0.2) is 0 Å². The molecular weight excluding hydrogens is 713 g/mol. The number of fused-ring (bicyclic) bond motifs is 2. The SMILES string of the molecule is C#CCCC(NC(=O)[C@@H]1[C@H]2CCC3(CC3)[C@H]2CN1C(=O)[C@@H](NC(=O)N[C@H](CN1C(=O)CC(C)(C)CC1=O)C(C)(C)C)C1(C)CCCCC1)C(=O)C(=O)NCC=C. The van der Waals surface area contributed by atoms with E-state index in [0.717, 1.165) is 44.9 Å². The number of hydrogen-bond acceptors (Lipinski definition) is 7. The van der Waals surface area contributed by atoms with Crippen LogP contribution in [-0.2, 0) is 28.8 Å². The highest BCUT2D eigenvalue weighted by Crippen LogP contribution is 2.66. The van der Waals surface area contributed by atoms with Crippen molar-refractivity contribution < 1.29 is 33.6 Å². The van der Waals surface area contributed by atoms with Gasteiger partial charge in [-0.05, 0) is 78.4 Å². The summed E-state index contributed by atoms with van der Waals surface area (Å²) in [5, 5.41) is 11.4. The third kappa shape index (κ3) is 9.32. The molecule has 4 N–H and O–H groups in total. The van der Waals surface area contributed by atoms with E-state index in [0.29, 0.717) is 19.4 Å². The van der Waals surface area contributed by atoms with Crippen LogP contribution in [0.1, 0.15) is 125 Å². The number of terminal acetylenes is 1. The van der Waals surface area contributed by atoms with Gasteiger partial charge in [0, 0.05) is 38.9 Å². The number of hydrogen-bond donors (Lipinski definition) is 4. The predicted octanol–water partition coefficient (Wildman–Crippen LogP) is 4.00. The summed E-state index contributed by atoms with van der Waals surface area (Å²) in [5.41, 5.74) is -1.52. The third-order valence-corrected chi connectivity index (χ3v) is 13.5. The fourth-order valence-corrected chi connectivity index (χ4v) is 9.88. The molecule has 3 saturated carbocycles. The summed E-state index contributed by atoms with van der Waals surface area (Å²) in [4.78, 5) is 98.9. The van der Waals surface area contributed by atoms with E-state index in [1.807, 2.05) is 41.5 Å². The van der Waals surface area contributed by atoms with Gasteiger partial charge in [0.05, 0.1) is 12.1 Å². The van der Waals surface area contributed by atoms with Crippen molar-refractivity contribution in [1.82, 2.24) is 31.1 Å². The van der Waals surface area contributed by atoms with Crippen LogP contribution in [0.4, 0.5) is 4.79 Å². The molecule has 308 valence electrons. The maximum atomic E-state index is 15.2. The Kier molecular flexibility index (Phi) is 12.8.